The number of hydrogen-bond acceptors (Lipinski definition) is 6. The Morgan fingerprint density at radius 2 is 1.89 bits per heavy atom. The van der Waals surface area contributed by atoms with E-state index in [0.717, 1.165) is 17.5 Å². The molecule has 0 spiro atoms. The van der Waals surface area contributed by atoms with Gasteiger partial charge in [-0.2, -0.15) is 0 Å². The van der Waals surface area contributed by atoms with Crippen LogP contribution in [-0.2, 0) is 20.9 Å². The van der Waals surface area contributed by atoms with Crippen molar-refractivity contribution in [3.63, 3.8) is 0 Å². The molecule has 36 heavy (non-hydrogen) atoms. The van der Waals surface area contributed by atoms with Crippen molar-refractivity contribution in [2.75, 3.05) is 5.75 Å². The lowest BCUT2D eigenvalue weighted by Gasteiger charge is -2.25. The number of nitrogens with zero attached hydrogens (tertiary/aromatic N) is 3. The molecule has 0 unspecified atom stereocenters. The molecule has 2 atom stereocenters. The van der Waals surface area contributed by atoms with Crippen molar-refractivity contribution in [1.29, 1.82) is 0 Å². The molecular formula is C26H28FN5O3S. The summed E-state index contributed by atoms with van der Waals surface area (Å²) in [4.78, 5) is 48.7. The first-order valence-electron chi connectivity index (χ1n) is 11.9. The van der Waals surface area contributed by atoms with Crippen LogP contribution in [0.4, 0.5) is 10.1 Å². The third kappa shape index (κ3) is 5.99. The number of thioether (sulfide) groups is 1. The fourth-order valence-electron chi connectivity index (χ4n) is 3.79. The summed E-state index contributed by atoms with van der Waals surface area (Å²) in [5, 5.41) is 6.11. The number of fused-ring (bicyclic) bond motifs is 3. The zero-order valence-corrected chi connectivity index (χ0v) is 21.0. The number of aliphatic imine (C=N–C) groups is 2. The highest BCUT2D eigenvalue weighted by atomic mass is 32.2. The Morgan fingerprint density at radius 1 is 1.14 bits per heavy atom. The number of amides is 3. The van der Waals surface area contributed by atoms with Crippen LogP contribution in [0.5, 0.6) is 0 Å². The minimum Gasteiger partial charge on any atom is -0.353 e. The molecular weight excluding hydrogens is 481 g/mol. The van der Waals surface area contributed by atoms with E-state index in [9.17, 15) is 18.8 Å². The van der Waals surface area contributed by atoms with Crippen molar-refractivity contribution in [3.05, 3.63) is 65.5 Å². The number of hydrogen-bond donors (Lipinski definition) is 2. The van der Waals surface area contributed by atoms with Gasteiger partial charge in [0.05, 0.1) is 11.4 Å². The predicted octanol–water partition coefficient (Wildman–Crippen LogP) is 3.53. The standard InChI is InChI=1S/C26H28FN5O3S/c1-3-16(2)29-23(34)15-36-26-31-20-7-5-4-6-19(20)24-30-21(25(35)32(24)26)12-13-22(33)28-14-17-8-10-18(27)11-9-17/h4-11,16,21H,3,12-15H2,1-2H3,(H,28,33)(H,29,34)/t16-,21-/m0/s1. The Balaban J connectivity index is 1.41. The fraction of sp³-hybridized carbons (Fsp3) is 0.346. The summed E-state index contributed by atoms with van der Waals surface area (Å²) in [6, 6.07) is 12.7. The quantitative estimate of drug-likeness (QED) is 0.540. The number of halogens is 1. The van der Waals surface area contributed by atoms with Gasteiger partial charge in [0, 0.05) is 24.6 Å². The predicted molar refractivity (Wildman–Crippen MR) is 139 cm³/mol. The molecule has 10 heteroatoms. The Bertz CT molecular complexity index is 1210. The van der Waals surface area contributed by atoms with Crippen LogP contribution in [0.15, 0.2) is 58.5 Å². The number of para-hydroxylation sites is 1. The van der Waals surface area contributed by atoms with Crippen molar-refractivity contribution in [3.8, 4) is 0 Å². The summed E-state index contributed by atoms with van der Waals surface area (Å²) < 4.78 is 13.0. The summed E-state index contributed by atoms with van der Waals surface area (Å²) >= 11 is 1.19. The van der Waals surface area contributed by atoms with E-state index in [2.05, 4.69) is 20.6 Å². The zero-order valence-electron chi connectivity index (χ0n) is 20.2. The zero-order chi connectivity index (χ0) is 25.7. The monoisotopic (exact) mass is 509 g/mol. The van der Waals surface area contributed by atoms with Crippen LogP contribution >= 0.6 is 11.8 Å². The number of rotatable bonds is 9. The van der Waals surface area contributed by atoms with E-state index in [1.807, 2.05) is 38.1 Å². The highest BCUT2D eigenvalue weighted by Gasteiger charge is 2.41. The second-order valence-electron chi connectivity index (χ2n) is 8.66. The third-order valence-corrected chi connectivity index (χ3v) is 6.89. The Labute approximate surface area is 213 Å². The second-order valence-corrected chi connectivity index (χ2v) is 9.60. The van der Waals surface area contributed by atoms with Crippen molar-refractivity contribution in [2.24, 2.45) is 9.98 Å². The molecule has 0 radical (unpaired) electrons. The average molecular weight is 510 g/mol. The van der Waals surface area contributed by atoms with Crippen molar-refractivity contribution in [2.45, 2.75) is 51.7 Å². The Kier molecular flexibility index (Phi) is 8.14. The maximum absolute atomic E-state index is 13.3. The highest BCUT2D eigenvalue weighted by molar-refractivity contribution is 8.14. The Morgan fingerprint density at radius 3 is 2.64 bits per heavy atom. The molecule has 0 saturated heterocycles. The maximum atomic E-state index is 13.3. The average Bonchev–Trinajstić information content (AvgIpc) is 3.22. The first kappa shape index (κ1) is 25.6. The van der Waals surface area contributed by atoms with Gasteiger partial charge in [-0.3, -0.25) is 19.4 Å². The molecule has 0 aromatic heterocycles. The van der Waals surface area contributed by atoms with Gasteiger partial charge in [-0.05, 0) is 49.6 Å². The molecule has 2 aliphatic heterocycles. The maximum Gasteiger partial charge on any atom is 0.259 e. The van der Waals surface area contributed by atoms with Crippen LogP contribution in [0.1, 0.15) is 44.2 Å². The smallest absolute Gasteiger partial charge is 0.259 e. The molecule has 0 saturated carbocycles. The van der Waals surface area contributed by atoms with E-state index in [4.69, 9.17) is 0 Å². The SMILES string of the molecule is CC[C@H](C)NC(=O)CSC1=Nc2ccccc2C2=N[C@@H](CCC(=O)NCc3ccc(F)cc3)C(=O)N12. The lowest BCUT2D eigenvalue weighted by molar-refractivity contribution is -0.125. The van der Waals surface area contributed by atoms with Gasteiger partial charge in [0.1, 0.15) is 17.7 Å². The van der Waals surface area contributed by atoms with E-state index in [1.54, 1.807) is 12.1 Å². The van der Waals surface area contributed by atoms with Crippen LogP contribution < -0.4 is 10.6 Å². The third-order valence-electron chi connectivity index (χ3n) is 5.95. The van der Waals surface area contributed by atoms with Crippen LogP contribution in [0, 0.1) is 5.82 Å². The van der Waals surface area contributed by atoms with E-state index >= 15 is 0 Å². The lowest BCUT2D eigenvalue weighted by Crippen LogP contribution is -2.42. The van der Waals surface area contributed by atoms with Crippen molar-refractivity contribution >= 4 is 46.2 Å². The number of amidine groups is 2. The van der Waals surface area contributed by atoms with Gasteiger partial charge in [0.15, 0.2) is 5.17 Å². The van der Waals surface area contributed by atoms with Gasteiger partial charge in [-0.15, -0.1) is 0 Å². The molecule has 0 bridgehead atoms. The molecule has 0 aliphatic carbocycles. The van der Waals surface area contributed by atoms with E-state index < -0.39 is 6.04 Å². The van der Waals surface area contributed by atoms with Crippen LogP contribution in [0.3, 0.4) is 0 Å². The molecule has 2 N–H and O–H groups in total. The molecule has 2 heterocycles. The molecule has 2 aromatic carbocycles. The Hall–Kier alpha value is -3.53. The summed E-state index contributed by atoms with van der Waals surface area (Å²) in [5.41, 5.74) is 2.20. The number of carbonyl (C=O) groups excluding carboxylic acids is 3. The van der Waals surface area contributed by atoms with E-state index in [0.29, 0.717) is 16.7 Å². The normalized spacial score (nSPS) is 17.0. The first-order chi connectivity index (χ1) is 17.4. The van der Waals surface area contributed by atoms with Crippen molar-refractivity contribution < 1.29 is 18.8 Å². The molecule has 2 aromatic rings. The molecule has 3 amide bonds. The van der Waals surface area contributed by atoms with Gasteiger partial charge in [0.2, 0.25) is 11.8 Å². The van der Waals surface area contributed by atoms with Crippen LogP contribution in [-0.4, -0.2) is 51.5 Å². The topological polar surface area (TPSA) is 103 Å². The molecule has 2 aliphatic rings. The van der Waals surface area contributed by atoms with Gasteiger partial charge in [-0.25, -0.2) is 14.3 Å². The van der Waals surface area contributed by atoms with Gasteiger partial charge in [-0.1, -0.05) is 43.0 Å². The van der Waals surface area contributed by atoms with Crippen molar-refractivity contribution in [1.82, 2.24) is 15.5 Å². The first-order valence-corrected chi connectivity index (χ1v) is 12.9. The number of nitrogens with one attached hydrogen (secondary N) is 2. The van der Waals surface area contributed by atoms with Gasteiger partial charge < -0.3 is 10.6 Å². The largest absolute Gasteiger partial charge is 0.353 e. The van der Waals surface area contributed by atoms with Crippen LogP contribution in [0.25, 0.3) is 0 Å². The minimum atomic E-state index is -0.720. The lowest BCUT2D eigenvalue weighted by atomic mass is 10.1. The fourth-order valence-corrected chi connectivity index (χ4v) is 4.61. The van der Waals surface area contributed by atoms with E-state index in [1.165, 1.54) is 28.8 Å². The van der Waals surface area contributed by atoms with Gasteiger partial charge in [0.25, 0.3) is 5.91 Å². The second kappa shape index (κ2) is 11.5. The minimum absolute atomic E-state index is 0.0660. The molecule has 188 valence electrons. The summed E-state index contributed by atoms with van der Waals surface area (Å²) in [6.45, 7) is 4.21. The molecule has 8 nitrogen and oxygen atoms in total. The summed E-state index contributed by atoms with van der Waals surface area (Å²) in [5.74, 6) is -0.331. The summed E-state index contributed by atoms with van der Waals surface area (Å²) in [7, 11) is 0. The number of benzene rings is 2. The molecule has 4 rings (SSSR count). The molecule has 0 fully saturated rings. The van der Waals surface area contributed by atoms with Gasteiger partial charge >= 0.3 is 0 Å². The number of carbonyl (C=O) groups is 3. The summed E-state index contributed by atoms with van der Waals surface area (Å²) in [6.07, 6.45) is 1.18. The van der Waals surface area contributed by atoms with E-state index in [-0.39, 0.29) is 54.7 Å². The van der Waals surface area contributed by atoms with Crippen LogP contribution in [0.2, 0.25) is 0 Å². The highest BCUT2D eigenvalue weighted by Crippen LogP contribution is 2.34.